The van der Waals surface area contributed by atoms with Crippen molar-refractivity contribution >= 4 is 6.72 Å². The van der Waals surface area contributed by atoms with E-state index in [0.29, 0.717) is 41.8 Å². The van der Waals surface area contributed by atoms with Crippen LogP contribution in [0.4, 0.5) is 8.78 Å². The summed E-state index contributed by atoms with van der Waals surface area (Å²) in [5.74, 6) is -0.392. The molecule has 4 atom stereocenters. The molecule has 0 radical (unpaired) electrons. The van der Waals surface area contributed by atoms with Crippen LogP contribution in [0.25, 0.3) is 11.1 Å². The summed E-state index contributed by atoms with van der Waals surface area (Å²) in [7, 11) is 1.99. The van der Waals surface area contributed by atoms with Gasteiger partial charge in [0, 0.05) is 67.6 Å². The Labute approximate surface area is 205 Å². The van der Waals surface area contributed by atoms with Crippen LogP contribution in [0.3, 0.4) is 0 Å². The Kier molecular flexibility index (Phi) is 9.71. The van der Waals surface area contributed by atoms with Crippen LogP contribution in [-0.2, 0) is 11.2 Å². The van der Waals surface area contributed by atoms with Crippen LogP contribution in [0.2, 0.25) is 0 Å². The van der Waals surface area contributed by atoms with E-state index in [9.17, 15) is 13.9 Å². The lowest BCUT2D eigenvalue weighted by atomic mass is 10.0. The standard InChI is InChI=1S/C26H35F2N5O2/c1-18-11-22(14-26(34)35-18)32(3)10-8-21(29)17-33(30-2)23(15-27)12-19-6-7-24(25(28)13-19)20-5-4-9-31-16-20/h4-7,9,13,16-18,22-23,26,34H,2,8,10-12,14-15,29H2,1,3H3/b21-17-/t18-,22+,23+,26-/m1/s1. The van der Waals surface area contributed by atoms with Gasteiger partial charge < -0.3 is 20.5 Å². The number of pyridine rings is 1. The zero-order valence-electron chi connectivity index (χ0n) is 20.4. The Morgan fingerprint density at radius 1 is 1.40 bits per heavy atom. The zero-order valence-corrected chi connectivity index (χ0v) is 20.4. The molecule has 1 fully saturated rings. The van der Waals surface area contributed by atoms with Crippen LogP contribution in [0, 0.1) is 5.82 Å². The molecule has 1 aliphatic heterocycles. The number of hydrazone groups is 1. The van der Waals surface area contributed by atoms with Gasteiger partial charge in [0.15, 0.2) is 6.29 Å². The largest absolute Gasteiger partial charge is 0.401 e. The van der Waals surface area contributed by atoms with Gasteiger partial charge in [0.25, 0.3) is 0 Å². The summed E-state index contributed by atoms with van der Waals surface area (Å²) in [6, 6.07) is 7.93. The van der Waals surface area contributed by atoms with Crippen molar-refractivity contribution in [1.29, 1.82) is 0 Å². The monoisotopic (exact) mass is 487 g/mol. The minimum atomic E-state index is -0.756. The molecule has 2 aromatic rings. The summed E-state index contributed by atoms with van der Waals surface area (Å²) in [6.45, 7) is 5.47. The molecular formula is C26H35F2N5O2. The lowest BCUT2D eigenvalue weighted by Gasteiger charge is -2.36. The molecule has 3 N–H and O–H groups in total. The molecular weight excluding hydrogens is 452 g/mol. The van der Waals surface area contributed by atoms with E-state index in [1.54, 1.807) is 42.9 Å². The van der Waals surface area contributed by atoms with E-state index in [2.05, 4.69) is 21.7 Å². The summed E-state index contributed by atoms with van der Waals surface area (Å²) >= 11 is 0. The summed E-state index contributed by atoms with van der Waals surface area (Å²) in [6.07, 6.45) is 6.21. The molecule has 1 aromatic heterocycles. The summed E-state index contributed by atoms with van der Waals surface area (Å²) in [4.78, 5) is 6.17. The average Bonchev–Trinajstić information content (AvgIpc) is 2.84. The van der Waals surface area contributed by atoms with Gasteiger partial charge in [-0.3, -0.25) is 9.99 Å². The first-order valence-electron chi connectivity index (χ1n) is 11.8. The number of hydrogen-bond donors (Lipinski definition) is 2. The van der Waals surface area contributed by atoms with Crippen molar-refractivity contribution < 1.29 is 18.6 Å². The van der Waals surface area contributed by atoms with E-state index in [1.165, 1.54) is 11.1 Å². The summed E-state index contributed by atoms with van der Waals surface area (Å²) in [5.41, 5.74) is 8.51. The second-order valence-electron chi connectivity index (χ2n) is 9.05. The molecule has 2 heterocycles. The lowest BCUT2D eigenvalue weighted by Crippen LogP contribution is -2.43. The van der Waals surface area contributed by atoms with E-state index in [0.717, 1.165) is 6.42 Å². The van der Waals surface area contributed by atoms with E-state index in [1.807, 2.05) is 14.0 Å². The van der Waals surface area contributed by atoms with Crippen molar-refractivity contribution in [2.45, 2.75) is 57.1 Å². The topological polar surface area (TPSA) is 87.2 Å². The quantitative estimate of drug-likeness (QED) is 0.371. The number of halogens is 2. The van der Waals surface area contributed by atoms with Gasteiger partial charge in [0.2, 0.25) is 0 Å². The number of alkyl halides is 1. The van der Waals surface area contributed by atoms with Gasteiger partial charge in [-0.2, -0.15) is 5.10 Å². The third-order valence-electron chi connectivity index (χ3n) is 6.33. The molecule has 0 saturated carbocycles. The summed E-state index contributed by atoms with van der Waals surface area (Å²) < 4.78 is 34.1. The normalized spacial score (nSPS) is 21.7. The minimum Gasteiger partial charge on any atom is -0.401 e. The Morgan fingerprint density at radius 2 is 2.20 bits per heavy atom. The van der Waals surface area contributed by atoms with Crippen LogP contribution in [0.15, 0.2) is 59.7 Å². The van der Waals surface area contributed by atoms with Crippen molar-refractivity contribution in [3.05, 3.63) is 66.0 Å². The Morgan fingerprint density at radius 3 is 2.83 bits per heavy atom. The third kappa shape index (κ3) is 7.55. The number of benzene rings is 1. The number of aliphatic hydroxyl groups excluding tert-OH is 1. The van der Waals surface area contributed by atoms with Crippen LogP contribution in [-0.4, -0.2) is 71.5 Å². The maximum atomic E-state index is 14.7. The van der Waals surface area contributed by atoms with Crippen molar-refractivity contribution in [2.24, 2.45) is 10.8 Å². The first-order chi connectivity index (χ1) is 16.8. The highest BCUT2D eigenvalue weighted by atomic mass is 19.1. The van der Waals surface area contributed by atoms with E-state index in [4.69, 9.17) is 10.5 Å². The fraction of sp³-hybridized carbons (Fsp3) is 0.462. The zero-order chi connectivity index (χ0) is 25.4. The van der Waals surface area contributed by atoms with E-state index >= 15 is 0 Å². The highest BCUT2D eigenvalue weighted by Gasteiger charge is 2.28. The molecule has 0 aliphatic carbocycles. The Bertz CT molecular complexity index is 981. The smallest absolute Gasteiger partial charge is 0.156 e. The predicted molar refractivity (Wildman–Crippen MR) is 134 cm³/mol. The molecule has 0 unspecified atom stereocenters. The second kappa shape index (κ2) is 12.7. The first-order valence-corrected chi connectivity index (χ1v) is 11.8. The Balaban J connectivity index is 1.61. The van der Waals surface area contributed by atoms with Gasteiger partial charge in [0.1, 0.15) is 12.5 Å². The summed E-state index contributed by atoms with van der Waals surface area (Å²) in [5, 5.41) is 15.2. The highest BCUT2D eigenvalue weighted by Crippen LogP contribution is 2.24. The maximum Gasteiger partial charge on any atom is 0.156 e. The number of aliphatic hydroxyl groups is 1. The minimum absolute atomic E-state index is 0.00637. The molecule has 3 rings (SSSR count). The van der Waals surface area contributed by atoms with Gasteiger partial charge in [-0.25, -0.2) is 8.78 Å². The molecule has 9 heteroatoms. The molecule has 190 valence electrons. The predicted octanol–water partition coefficient (Wildman–Crippen LogP) is 3.69. The van der Waals surface area contributed by atoms with Crippen LogP contribution < -0.4 is 5.73 Å². The maximum absolute atomic E-state index is 14.7. The molecule has 0 amide bonds. The second-order valence-corrected chi connectivity index (χ2v) is 9.05. The van der Waals surface area contributed by atoms with Crippen molar-refractivity contribution in [3.63, 3.8) is 0 Å². The molecule has 7 nitrogen and oxygen atoms in total. The number of nitrogens with zero attached hydrogens (tertiary/aromatic N) is 4. The molecule has 1 saturated heterocycles. The van der Waals surface area contributed by atoms with E-state index in [-0.39, 0.29) is 18.6 Å². The van der Waals surface area contributed by atoms with E-state index < -0.39 is 24.8 Å². The first kappa shape index (κ1) is 26.7. The average molecular weight is 488 g/mol. The fourth-order valence-electron chi connectivity index (χ4n) is 4.37. The van der Waals surface area contributed by atoms with Gasteiger partial charge in [0.05, 0.1) is 12.1 Å². The molecule has 0 bridgehead atoms. The molecule has 1 aromatic carbocycles. The van der Waals surface area contributed by atoms with Crippen LogP contribution >= 0.6 is 0 Å². The SMILES string of the molecule is C=NN(/C=C(\N)CCN(C)[C@H]1C[C@@H](C)O[C@@H](O)C1)[C@H](CF)Cc1ccc(-c2cccnc2)c(F)c1. The third-order valence-corrected chi connectivity index (χ3v) is 6.33. The van der Waals surface area contributed by atoms with Crippen molar-refractivity contribution in [3.8, 4) is 11.1 Å². The molecule has 0 spiro atoms. The number of hydrogen-bond acceptors (Lipinski definition) is 7. The van der Waals surface area contributed by atoms with Gasteiger partial charge >= 0.3 is 0 Å². The van der Waals surface area contributed by atoms with Crippen molar-refractivity contribution in [1.82, 2.24) is 14.9 Å². The Hall–Kier alpha value is -2.88. The van der Waals surface area contributed by atoms with Crippen LogP contribution in [0.1, 0.15) is 31.7 Å². The van der Waals surface area contributed by atoms with Crippen molar-refractivity contribution in [2.75, 3.05) is 20.3 Å². The lowest BCUT2D eigenvalue weighted by molar-refractivity contribution is -0.173. The van der Waals surface area contributed by atoms with Gasteiger partial charge in [-0.05, 0) is 44.5 Å². The highest BCUT2D eigenvalue weighted by molar-refractivity contribution is 5.63. The number of nitrogens with two attached hydrogens (primary N) is 1. The van der Waals surface area contributed by atoms with Crippen LogP contribution in [0.5, 0.6) is 0 Å². The number of rotatable bonds is 11. The number of ether oxygens (including phenoxy) is 1. The number of aromatic nitrogens is 1. The molecule has 1 aliphatic rings. The van der Waals surface area contributed by atoms with Gasteiger partial charge in [-0.1, -0.05) is 18.2 Å². The van der Waals surface area contributed by atoms with Gasteiger partial charge in [-0.15, -0.1) is 0 Å². The molecule has 35 heavy (non-hydrogen) atoms. The fourth-order valence-corrected chi connectivity index (χ4v) is 4.37.